The van der Waals surface area contributed by atoms with Gasteiger partial charge in [-0.1, -0.05) is 6.08 Å². The molecule has 4 atom stereocenters. The first-order chi connectivity index (χ1) is 12.8. The number of carboxylic acid groups (broad SMARTS) is 1. The van der Waals surface area contributed by atoms with E-state index in [1.807, 2.05) is 0 Å². The third-order valence-corrected chi connectivity index (χ3v) is 4.84. The number of alkyl halides is 1. The van der Waals surface area contributed by atoms with Gasteiger partial charge in [-0.25, -0.2) is 18.8 Å². The van der Waals surface area contributed by atoms with Gasteiger partial charge in [0.25, 0.3) is 0 Å². The summed E-state index contributed by atoms with van der Waals surface area (Å²) in [5.74, 6) is -2.23. The van der Waals surface area contributed by atoms with Gasteiger partial charge in [-0.2, -0.15) is 5.06 Å². The van der Waals surface area contributed by atoms with Gasteiger partial charge in [-0.3, -0.25) is 9.59 Å². The Labute approximate surface area is 154 Å². The Kier molecular flexibility index (Phi) is 5.31. The number of carboxylic acids is 1. The molecule has 3 aliphatic rings. The molecule has 3 aliphatic heterocycles. The zero-order valence-electron chi connectivity index (χ0n) is 14.7. The lowest BCUT2D eigenvalue weighted by molar-refractivity contribution is -0.219. The van der Waals surface area contributed by atoms with E-state index < -0.39 is 36.3 Å². The van der Waals surface area contributed by atoms with Crippen LogP contribution in [0.25, 0.3) is 0 Å². The monoisotopic (exact) mass is 384 g/mol. The number of urea groups is 1. The molecule has 2 bridgehead atoms. The third kappa shape index (κ3) is 3.87. The Bertz CT molecular complexity index is 698. The van der Waals surface area contributed by atoms with Crippen LogP contribution in [-0.4, -0.2) is 76.5 Å². The Morgan fingerprint density at radius 3 is 2.85 bits per heavy atom. The van der Waals surface area contributed by atoms with Crippen molar-refractivity contribution in [1.82, 2.24) is 20.6 Å². The second kappa shape index (κ2) is 7.51. The fourth-order valence-electron chi connectivity index (χ4n) is 3.58. The molecule has 3 rings (SSSR count). The van der Waals surface area contributed by atoms with Crippen molar-refractivity contribution in [2.24, 2.45) is 0 Å². The largest absolute Gasteiger partial charge is 0.477 e. The van der Waals surface area contributed by atoms with E-state index >= 15 is 0 Å². The van der Waals surface area contributed by atoms with Gasteiger partial charge in [-0.15, -0.1) is 0 Å². The normalized spacial score (nSPS) is 28.1. The van der Waals surface area contributed by atoms with E-state index in [0.717, 1.165) is 6.42 Å². The molecule has 0 saturated carbocycles. The highest BCUT2D eigenvalue weighted by atomic mass is 19.1. The predicted octanol–water partition coefficient (Wildman–Crippen LogP) is -0.482. The zero-order valence-corrected chi connectivity index (χ0v) is 14.7. The minimum atomic E-state index is -2.67. The van der Waals surface area contributed by atoms with E-state index in [4.69, 9.17) is 5.11 Å². The summed E-state index contributed by atoms with van der Waals surface area (Å²) in [6.07, 6.45) is 0.716. The number of amides is 4. The summed E-state index contributed by atoms with van der Waals surface area (Å²) >= 11 is 0. The Hall–Kier alpha value is -2.69. The van der Waals surface area contributed by atoms with Crippen molar-refractivity contribution >= 4 is 23.8 Å². The number of hydroxylamine groups is 2. The summed E-state index contributed by atoms with van der Waals surface area (Å²) in [6.45, 7) is 2.10. The minimum absolute atomic E-state index is 0.00119. The molecule has 0 aliphatic carbocycles. The van der Waals surface area contributed by atoms with Crippen LogP contribution in [0.4, 0.5) is 9.18 Å². The molecule has 0 radical (unpaired) electrons. The molecule has 10 nitrogen and oxygen atoms in total. The van der Waals surface area contributed by atoms with Crippen molar-refractivity contribution in [3.63, 3.8) is 0 Å². The number of rotatable bonds is 7. The van der Waals surface area contributed by atoms with E-state index in [1.54, 1.807) is 13.0 Å². The first-order valence-electron chi connectivity index (χ1n) is 8.66. The van der Waals surface area contributed by atoms with Crippen LogP contribution in [0, 0.1) is 0 Å². The minimum Gasteiger partial charge on any atom is -0.477 e. The van der Waals surface area contributed by atoms with Crippen molar-refractivity contribution in [2.75, 3.05) is 13.1 Å². The molecule has 2 saturated heterocycles. The van der Waals surface area contributed by atoms with Crippen molar-refractivity contribution in [3.8, 4) is 0 Å². The molecule has 2 fully saturated rings. The second-order valence-electron chi connectivity index (χ2n) is 6.78. The van der Waals surface area contributed by atoms with Crippen LogP contribution in [-0.2, 0) is 19.2 Å². The van der Waals surface area contributed by atoms with Crippen LogP contribution in [0.15, 0.2) is 11.6 Å². The molecule has 4 amide bonds. The molecule has 3 heterocycles. The maximum absolute atomic E-state index is 13.3. The van der Waals surface area contributed by atoms with Crippen LogP contribution >= 0.6 is 0 Å². The average molecular weight is 384 g/mol. The number of hydrogen-bond donors (Lipinski definition) is 3. The topological polar surface area (TPSA) is 128 Å². The van der Waals surface area contributed by atoms with Gasteiger partial charge in [0, 0.05) is 19.0 Å². The molecule has 27 heavy (non-hydrogen) atoms. The number of carbonyl (C=O) groups excluding carboxylic acids is 3. The maximum atomic E-state index is 13.3. The number of aliphatic carboxylic acids is 1. The molecular weight excluding hydrogens is 363 g/mol. The van der Waals surface area contributed by atoms with Crippen LogP contribution in [0.3, 0.4) is 0 Å². The SMILES string of the molecule is CC1=C[C@@H]2CN(C(=O)N2OC(F)C(=O)O)[C@@H]1C(=O)NCCC1CCC(=O)N1. The quantitative estimate of drug-likeness (QED) is 0.509. The molecule has 0 aromatic heterocycles. The average Bonchev–Trinajstić information content (AvgIpc) is 3.11. The van der Waals surface area contributed by atoms with Crippen molar-refractivity contribution in [1.29, 1.82) is 0 Å². The summed E-state index contributed by atoms with van der Waals surface area (Å²) < 4.78 is 13.3. The second-order valence-corrected chi connectivity index (χ2v) is 6.78. The smallest absolute Gasteiger partial charge is 0.368 e. The number of nitrogens with zero attached hydrogens (tertiary/aromatic N) is 2. The number of halogens is 1. The lowest BCUT2D eigenvalue weighted by Gasteiger charge is -2.29. The highest BCUT2D eigenvalue weighted by Crippen LogP contribution is 2.30. The standard InChI is InChI=1S/C16H21FN4O6/c1-8-6-10-7-20(16(26)21(10)27-13(17)15(24)25)12(8)14(23)18-5-4-9-2-3-11(22)19-9/h6,9-10,12-13H,2-5,7H2,1H3,(H,18,23)(H,19,22)(H,24,25)/t9?,10-,12+,13?/m1/s1. The first kappa shape index (κ1) is 19.1. The van der Waals surface area contributed by atoms with Crippen molar-refractivity contribution in [2.45, 2.75) is 50.7 Å². The number of carbonyl (C=O) groups is 4. The summed E-state index contributed by atoms with van der Waals surface area (Å²) in [5.41, 5.74) is 0.586. The van der Waals surface area contributed by atoms with E-state index in [1.165, 1.54) is 4.90 Å². The van der Waals surface area contributed by atoms with E-state index in [-0.39, 0.29) is 18.5 Å². The molecule has 11 heteroatoms. The molecular formula is C16H21FN4O6. The third-order valence-electron chi connectivity index (χ3n) is 4.84. The summed E-state index contributed by atoms with van der Waals surface area (Å²) in [4.78, 5) is 52.6. The van der Waals surface area contributed by atoms with E-state index in [2.05, 4.69) is 15.5 Å². The number of nitrogens with one attached hydrogen (secondary N) is 2. The molecule has 0 aromatic carbocycles. The van der Waals surface area contributed by atoms with Crippen LogP contribution in [0.1, 0.15) is 26.2 Å². The molecule has 3 N–H and O–H groups in total. The summed E-state index contributed by atoms with van der Waals surface area (Å²) in [7, 11) is 0. The molecule has 2 unspecified atom stereocenters. The van der Waals surface area contributed by atoms with Crippen LogP contribution in [0.5, 0.6) is 0 Å². The van der Waals surface area contributed by atoms with Gasteiger partial charge >= 0.3 is 18.4 Å². The van der Waals surface area contributed by atoms with Gasteiger partial charge in [0.1, 0.15) is 6.04 Å². The zero-order chi connectivity index (χ0) is 19.7. The van der Waals surface area contributed by atoms with Crippen molar-refractivity contribution < 1.29 is 33.5 Å². The fourth-order valence-corrected chi connectivity index (χ4v) is 3.58. The Morgan fingerprint density at radius 2 is 2.22 bits per heavy atom. The molecule has 148 valence electrons. The van der Waals surface area contributed by atoms with Gasteiger partial charge < -0.3 is 20.6 Å². The lowest BCUT2D eigenvalue weighted by Crippen LogP contribution is -2.50. The lowest BCUT2D eigenvalue weighted by atomic mass is 10.00. The predicted molar refractivity (Wildman–Crippen MR) is 87.7 cm³/mol. The first-order valence-corrected chi connectivity index (χ1v) is 8.66. The highest BCUT2D eigenvalue weighted by molar-refractivity contribution is 5.91. The fraction of sp³-hybridized carbons (Fsp3) is 0.625. The van der Waals surface area contributed by atoms with Crippen molar-refractivity contribution in [3.05, 3.63) is 11.6 Å². The van der Waals surface area contributed by atoms with Gasteiger partial charge in [0.05, 0.1) is 12.6 Å². The Balaban J connectivity index is 1.59. The van der Waals surface area contributed by atoms with Crippen LogP contribution in [0.2, 0.25) is 0 Å². The summed E-state index contributed by atoms with van der Waals surface area (Å²) in [6, 6.07) is -2.27. The van der Waals surface area contributed by atoms with Gasteiger partial charge in [0.15, 0.2) is 0 Å². The van der Waals surface area contributed by atoms with Gasteiger partial charge in [0.2, 0.25) is 11.8 Å². The molecule has 0 aromatic rings. The summed E-state index contributed by atoms with van der Waals surface area (Å²) in [5, 5.41) is 14.8. The van der Waals surface area contributed by atoms with E-state index in [0.29, 0.717) is 30.0 Å². The van der Waals surface area contributed by atoms with Crippen LogP contribution < -0.4 is 10.6 Å². The number of hydrogen-bond acceptors (Lipinski definition) is 5. The number of fused-ring (bicyclic) bond motifs is 2. The Morgan fingerprint density at radius 1 is 1.48 bits per heavy atom. The molecule has 0 spiro atoms. The maximum Gasteiger partial charge on any atom is 0.368 e. The van der Waals surface area contributed by atoms with E-state index in [9.17, 15) is 23.6 Å². The highest BCUT2D eigenvalue weighted by Gasteiger charge is 2.48. The van der Waals surface area contributed by atoms with Gasteiger partial charge in [-0.05, 0) is 25.3 Å².